The maximum atomic E-state index is 12.8. The van der Waals surface area contributed by atoms with Crippen molar-refractivity contribution in [2.45, 2.75) is 11.6 Å². The molecule has 0 aliphatic carbocycles. The van der Waals surface area contributed by atoms with Gasteiger partial charge in [-0.25, -0.2) is 9.59 Å². The van der Waals surface area contributed by atoms with Gasteiger partial charge in [0.25, 0.3) is 0 Å². The van der Waals surface area contributed by atoms with Gasteiger partial charge in [-0.3, -0.25) is 4.57 Å². The zero-order valence-corrected chi connectivity index (χ0v) is 18.6. The monoisotopic (exact) mass is 454 g/mol. The molecule has 4 rings (SSSR count). The van der Waals surface area contributed by atoms with E-state index >= 15 is 0 Å². The summed E-state index contributed by atoms with van der Waals surface area (Å²) in [4.78, 5) is 28.2. The van der Waals surface area contributed by atoms with Gasteiger partial charge in [0.1, 0.15) is 5.03 Å². The van der Waals surface area contributed by atoms with Crippen molar-refractivity contribution in [1.82, 2.24) is 9.55 Å². The van der Waals surface area contributed by atoms with Crippen LogP contribution in [0.4, 0.5) is 0 Å². The highest BCUT2D eigenvalue weighted by Crippen LogP contribution is 2.29. The molecule has 3 aromatic carbocycles. The van der Waals surface area contributed by atoms with Crippen LogP contribution >= 0.6 is 11.8 Å². The SMILES string of the molecule is O=C(O)c1ccc(Cn2cc(-c3ccccc3)c(SC/C=C/c3ccccc3)nc2=O)cc1. The Hall–Kier alpha value is -3.90. The summed E-state index contributed by atoms with van der Waals surface area (Å²) in [5, 5.41) is 9.77. The van der Waals surface area contributed by atoms with Crippen LogP contribution in [-0.4, -0.2) is 26.4 Å². The normalized spacial score (nSPS) is 11.0. The molecule has 33 heavy (non-hydrogen) atoms. The lowest BCUT2D eigenvalue weighted by atomic mass is 10.1. The number of carboxylic acid groups (broad SMARTS) is 1. The van der Waals surface area contributed by atoms with E-state index in [1.807, 2.05) is 66.9 Å². The summed E-state index contributed by atoms with van der Waals surface area (Å²) < 4.78 is 1.56. The van der Waals surface area contributed by atoms with Crippen LogP contribution in [-0.2, 0) is 6.54 Å². The van der Waals surface area contributed by atoms with Crippen molar-refractivity contribution in [3.05, 3.63) is 124 Å². The molecule has 0 unspecified atom stereocenters. The maximum absolute atomic E-state index is 12.8. The van der Waals surface area contributed by atoms with Crippen LogP contribution in [0, 0.1) is 0 Å². The Labute approximate surface area is 196 Å². The Kier molecular flexibility index (Phi) is 7.17. The second-order valence-corrected chi connectivity index (χ2v) is 8.37. The molecular weight excluding hydrogens is 432 g/mol. The number of hydrogen-bond donors (Lipinski definition) is 1. The molecule has 1 aromatic heterocycles. The zero-order valence-electron chi connectivity index (χ0n) is 17.8. The lowest BCUT2D eigenvalue weighted by Crippen LogP contribution is -2.24. The predicted molar refractivity (Wildman–Crippen MR) is 133 cm³/mol. The van der Waals surface area contributed by atoms with Crippen molar-refractivity contribution in [2.24, 2.45) is 0 Å². The van der Waals surface area contributed by atoms with Crippen LogP contribution in [0.1, 0.15) is 21.5 Å². The first-order valence-corrected chi connectivity index (χ1v) is 11.4. The third kappa shape index (κ3) is 5.87. The molecule has 0 spiro atoms. The lowest BCUT2D eigenvalue weighted by Gasteiger charge is -2.12. The first-order valence-electron chi connectivity index (χ1n) is 10.4. The van der Waals surface area contributed by atoms with E-state index in [2.05, 4.69) is 17.1 Å². The number of aromatic carboxylic acids is 1. The minimum Gasteiger partial charge on any atom is -0.478 e. The van der Waals surface area contributed by atoms with Crippen LogP contribution in [0.3, 0.4) is 0 Å². The minimum atomic E-state index is -0.977. The summed E-state index contributed by atoms with van der Waals surface area (Å²) in [5.41, 5.74) is 3.69. The highest BCUT2D eigenvalue weighted by Gasteiger charge is 2.12. The molecule has 0 bridgehead atoms. The fourth-order valence-corrected chi connectivity index (χ4v) is 4.16. The number of hydrogen-bond acceptors (Lipinski definition) is 4. The van der Waals surface area contributed by atoms with Crippen molar-refractivity contribution in [1.29, 1.82) is 0 Å². The van der Waals surface area contributed by atoms with E-state index < -0.39 is 5.97 Å². The second-order valence-electron chi connectivity index (χ2n) is 7.36. The summed E-state index contributed by atoms with van der Waals surface area (Å²) >= 11 is 1.52. The van der Waals surface area contributed by atoms with Crippen LogP contribution in [0.5, 0.6) is 0 Å². The number of rotatable bonds is 8. The van der Waals surface area contributed by atoms with Crippen LogP contribution < -0.4 is 5.69 Å². The minimum absolute atomic E-state index is 0.213. The van der Waals surface area contributed by atoms with Crippen molar-refractivity contribution >= 4 is 23.8 Å². The van der Waals surface area contributed by atoms with Gasteiger partial charge in [0.05, 0.1) is 12.1 Å². The molecule has 0 fully saturated rings. The molecule has 0 radical (unpaired) electrons. The fourth-order valence-electron chi connectivity index (χ4n) is 3.34. The molecule has 0 aliphatic heterocycles. The molecular formula is C27H22N2O3S. The van der Waals surface area contributed by atoms with Crippen molar-refractivity contribution < 1.29 is 9.90 Å². The Morgan fingerprint density at radius 1 is 0.939 bits per heavy atom. The summed E-state index contributed by atoms with van der Waals surface area (Å²) in [6, 6.07) is 26.4. The van der Waals surface area contributed by atoms with E-state index in [-0.39, 0.29) is 11.3 Å². The van der Waals surface area contributed by atoms with E-state index in [4.69, 9.17) is 5.11 Å². The van der Waals surface area contributed by atoms with Gasteiger partial charge >= 0.3 is 11.7 Å². The van der Waals surface area contributed by atoms with Gasteiger partial charge in [-0.2, -0.15) is 4.98 Å². The molecule has 5 nitrogen and oxygen atoms in total. The average Bonchev–Trinajstić information content (AvgIpc) is 2.85. The number of benzene rings is 3. The Balaban J connectivity index is 1.60. The number of carbonyl (C=O) groups is 1. The van der Waals surface area contributed by atoms with E-state index in [9.17, 15) is 9.59 Å². The molecule has 0 atom stereocenters. The quantitative estimate of drug-likeness (QED) is 0.283. The topological polar surface area (TPSA) is 72.2 Å². The van der Waals surface area contributed by atoms with Crippen LogP contribution in [0.2, 0.25) is 0 Å². The highest BCUT2D eigenvalue weighted by molar-refractivity contribution is 7.99. The number of aromatic nitrogens is 2. The molecule has 1 N–H and O–H groups in total. The third-order valence-electron chi connectivity index (χ3n) is 5.02. The van der Waals surface area contributed by atoms with E-state index in [0.29, 0.717) is 17.3 Å². The molecule has 164 valence electrons. The molecule has 4 aromatic rings. The van der Waals surface area contributed by atoms with Gasteiger partial charge in [0, 0.05) is 17.5 Å². The summed E-state index contributed by atoms with van der Waals surface area (Å²) in [7, 11) is 0. The Bertz CT molecular complexity index is 1320. The number of carboxylic acids is 1. The van der Waals surface area contributed by atoms with Gasteiger partial charge in [0.15, 0.2) is 0 Å². The maximum Gasteiger partial charge on any atom is 0.348 e. The van der Waals surface area contributed by atoms with Crippen LogP contribution in [0.15, 0.2) is 107 Å². The standard InChI is InChI=1S/C27H22N2O3S/c30-26(31)23-15-13-21(14-16-23)18-29-19-24(22-11-5-2-6-12-22)25(28-27(29)32)33-17-7-10-20-8-3-1-4-9-20/h1-16,19H,17-18H2,(H,30,31)/b10-7+. The first-order chi connectivity index (χ1) is 16.1. The number of nitrogens with zero attached hydrogens (tertiary/aromatic N) is 2. The average molecular weight is 455 g/mol. The Morgan fingerprint density at radius 3 is 2.27 bits per heavy atom. The third-order valence-corrected chi connectivity index (χ3v) is 5.97. The van der Waals surface area contributed by atoms with Crippen LogP contribution in [0.25, 0.3) is 17.2 Å². The summed E-state index contributed by atoms with van der Waals surface area (Å²) in [5.74, 6) is -0.295. The molecule has 6 heteroatoms. The largest absolute Gasteiger partial charge is 0.478 e. The predicted octanol–water partition coefficient (Wildman–Crippen LogP) is 5.46. The molecule has 1 heterocycles. The molecule has 0 saturated carbocycles. The summed E-state index contributed by atoms with van der Waals surface area (Å²) in [6.45, 7) is 0.310. The smallest absolute Gasteiger partial charge is 0.348 e. The van der Waals surface area contributed by atoms with Crippen molar-refractivity contribution in [3.8, 4) is 11.1 Å². The molecule has 0 amide bonds. The van der Waals surface area contributed by atoms with E-state index in [1.54, 1.807) is 16.7 Å². The van der Waals surface area contributed by atoms with Crippen molar-refractivity contribution in [3.63, 3.8) is 0 Å². The fraction of sp³-hybridized carbons (Fsp3) is 0.0741. The van der Waals surface area contributed by atoms with Gasteiger partial charge < -0.3 is 5.11 Å². The molecule has 0 saturated heterocycles. The molecule has 0 aliphatic rings. The zero-order chi connectivity index (χ0) is 23.0. The van der Waals surface area contributed by atoms with Gasteiger partial charge in [-0.15, -0.1) is 11.8 Å². The van der Waals surface area contributed by atoms with E-state index in [1.165, 1.54) is 23.9 Å². The van der Waals surface area contributed by atoms with E-state index in [0.717, 1.165) is 22.3 Å². The van der Waals surface area contributed by atoms with Gasteiger partial charge in [-0.05, 0) is 28.8 Å². The summed E-state index contributed by atoms with van der Waals surface area (Å²) in [6.07, 6.45) is 5.95. The Morgan fingerprint density at radius 2 is 1.61 bits per heavy atom. The number of thioether (sulfide) groups is 1. The second kappa shape index (κ2) is 10.6. The lowest BCUT2D eigenvalue weighted by molar-refractivity contribution is 0.0697. The highest BCUT2D eigenvalue weighted by atomic mass is 32.2. The van der Waals surface area contributed by atoms with Gasteiger partial charge in [-0.1, -0.05) is 84.9 Å². The van der Waals surface area contributed by atoms with Gasteiger partial charge in [0.2, 0.25) is 0 Å². The van der Waals surface area contributed by atoms with Crippen molar-refractivity contribution in [2.75, 3.05) is 5.75 Å². The first kappa shape index (κ1) is 22.3.